The molecular weight excluding hydrogens is 329 g/mol. The monoisotopic (exact) mass is 346 g/mol. The topological polar surface area (TPSA) is 49.4 Å². The van der Waals surface area contributed by atoms with Crippen molar-refractivity contribution in [1.82, 2.24) is 10.2 Å². The third-order valence-corrected chi connectivity index (χ3v) is 4.44. The molecular formula is C15H17F3N2O2S. The highest BCUT2D eigenvalue weighted by Crippen LogP contribution is 2.30. The van der Waals surface area contributed by atoms with Crippen LogP contribution in [0.25, 0.3) is 0 Å². The van der Waals surface area contributed by atoms with Crippen molar-refractivity contribution < 1.29 is 22.8 Å². The predicted octanol–water partition coefficient (Wildman–Crippen LogP) is 3.27. The minimum absolute atomic E-state index is 0.234. The van der Waals surface area contributed by atoms with Crippen LogP contribution in [0.4, 0.5) is 18.0 Å². The number of halogens is 3. The average molecular weight is 346 g/mol. The second kappa shape index (κ2) is 6.43. The lowest BCUT2D eigenvalue weighted by Crippen LogP contribution is -2.40. The molecule has 1 N–H and O–H groups in total. The minimum Gasteiger partial charge on any atom is -0.324 e. The third-order valence-electron chi connectivity index (χ3n) is 3.43. The maximum Gasteiger partial charge on any atom is 0.416 e. The normalized spacial score (nSPS) is 17.5. The summed E-state index contributed by atoms with van der Waals surface area (Å²) in [6.07, 6.45) is -4.35. The summed E-state index contributed by atoms with van der Waals surface area (Å²) in [7, 11) is 0. The van der Waals surface area contributed by atoms with Crippen LogP contribution >= 0.6 is 11.8 Å². The molecule has 0 saturated carbocycles. The van der Waals surface area contributed by atoms with Gasteiger partial charge < -0.3 is 5.32 Å². The van der Waals surface area contributed by atoms with Crippen molar-refractivity contribution in [3.63, 3.8) is 0 Å². The average Bonchev–Trinajstić information content (AvgIpc) is 2.64. The fraction of sp³-hybridized carbons (Fsp3) is 0.467. The van der Waals surface area contributed by atoms with Crippen LogP contribution in [0.3, 0.4) is 0 Å². The number of rotatable bonds is 5. The summed E-state index contributed by atoms with van der Waals surface area (Å²) in [5, 5.41) is 2.58. The number of alkyl halides is 3. The molecule has 1 aromatic carbocycles. The molecule has 3 amide bonds. The number of nitrogens with one attached hydrogen (secondary N) is 1. The van der Waals surface area contributed by atoms with E-state index in [9.17, 15) is 22.8 Å². The highest BCUT2D eigenvalue weighted by molar-refractivity contribution is 7.98. The lowest BCUT2D eigenvalue weighted by Gasteiger charge is -2.15. The van der Waals surface area contributed by atoms with E-state index in [2.05, 4.69) is 5.32 Å². The number of amides is 3. The summed E-state index contributed by atoms with van der Waals surface area (Å²) < 4.78 is 37.9. The Morgan fingerprint density at radius 2 is 1.96 bits per heavy atom. The van der Waals surface area contributed by atoms with E-state index in [0.29, 0.717) is 17.1 Å². The van der Waals surface area contributed by atoms with Crippen LogP contribution in [0.2, 0.25) is 0 Å². The van der Waals surface area contributed by atoms with Crippen molar-refractivity contribution in [2.75, 3.05) is 12.3 Å². The van der Waals surface area contributed by atoms with Gasteiger partial charge in [-0.25, -0.2) is 4.79 Å². The molecule has 0 atom stereocenters. The molecule has 126 valence electrons. The molecule has 1 aromatic rings. The first kappa shape index (κ1) is 17.7. The number of thioether (sulfide) groups is 1. The Morgan fingerprint density at radius 1 is 1.26 bits per heavy atom. The van der Waals surface area contributed by atoms with Crippen LogP contribution in [0.5, 0.6) is 0 Å². The van der Waals surface area contributed by atoms with E-state index in [1.807, 2.05) is 0 Å². The Balaban J connectivity index is 1.85. The predicted molar refractivity (Wildman–Crippen MR) is 81.9 cm³/mol. The SMILES string of the molecule is CC1(C)NC(=O)N(CCSCc2cccc(C(F)(F)F)c2)C1=O. The molecule has 1 aliphatic heterocycles. The molecule has 2 rings (SSSR count). The summed E-state index contributed by atoms with van der Waals surface area (Å²) in [4.78, 5) is 24.8. The second-order valence-electron chi connectivity index (χ2n) is 5.76. The van der Waals surface area contributed by atoms with E-state index >= 15 is 0 Å². The zero-order valence-corrected chi connectivity index (χ0v) is 13.6. The lowest BCUT2D eigenvalue weighted by atomic mass is 10.1. The zero-order chi connectivity index (χ0) is 17.3. The Morgan fingerprint density at radius 3 is 2.52 bits per heavy atom. The van der Waals surface area contributed by atoms with Crippen LogP contribution < -0.4 is 5.32 Å². The molecule has 0 aromatic heterocycles. The van der Waals surface area contributed by atoms with Gasteiger partial charge in [-0.3, -0.25) is 9.69 Å². The van der Waals surface area contributed by atoms with Gasteiger partial charge in [0.25, 0.3) is 5.91 Å². The van der Waals surface area contributed by atoms with Crippen molar-refractivity contribution >= 4 is 23.7 Å². The molecule has 0 radical (unpaired) electrons. The van der Waals surface area contributed by atoms with Crippen LogP contribution in [0.15, 0.2) is 24.3 Å². The highest BCUT2D eigenvalue weighted by Gasteiger charge is 2.43. The maximum absolute atomic E-state index is 12.6. The first-order chi connectivity index (χ1) is 10.6. The number of imide groups is 1. The van der Waals surface area contributed by atoms with Gasteiger partial charge in [-0.1, -0.05) is 18.2 Å². The Kier molecular flexibility index (Phi) is 4.93. The maximum atomic E-state index is 12.6. The number of hydrogen-bond acceptors (Lipinski definition) is 3. The van der Waals surface area contributed by atoms with Crippen molar-refractivity contribution in [3.8, 4) is 0 Å². The number of hydrogen-bond donors (Lipinski definition) is 1. The van der Waals surface area contributed by atoms with E-state index in [1.54, 1.807) is 19.9 Å². The van der Waals surface area contributed by atoms with Crippen molar-refractivity contribution in [2.24, 2.45) is 0 Å². The molecule has 1 fully saturated rings. The van der Waals surface area contributed by atoms with Crippen LogP contribution in [-0.2, 0) is 16.7 Å². The Hall–Kier alpha value is -1.70. The standard InChI is InChI=1S/C15H17F3N2O2S/c1-14(2)12(21)20(13(22)19-14)6-7-23-9-10-4-3-5-11(8-10)15(16,17)18/h3-5,8H,6-7,9H2,1-2H3,(H,19,22). The molecule has 23 heavy (non-hydrogen) atoms. The largest absolute Gasteiger partial charge is 0.416 e. The van der Waals surface area contributed by atoms with E-state index in [0.717, 1.165) is 17.0 Å². The smallest absolute Gasteiger partial charge is 0.324 e. The summed E-state index contributed by atoms with van der Waals surface area (Å²) >= 11 is 1.38. The molecule has 0 unspecified atom stereocenters. The van der Waals surface area contributed by atoms with Gasteiger partial charge in [0, 0.05) is 18.1 Å². The van der Waals surface area contributed by atoms with Crippen LogP contribution in [0, 0.1) is 0 Å². The zero-order valence-electron chi connectivity index (χ0n) is 12.7. The molecule has 1 saturated heterocycles. The Labute approximate surface area is 136 Å². The van der Waals surface area contributed by atoms with E-state index in [1.165, 1.54) is 17.8 Å². The highest BCUT2D eigenvalue weighted by atomic mass is 32.2. The fourth-order valence-corrected chi connectivity index (χ4v) is 3.08. The summed E-state index contributed by atoms with van der Waals surface area (Å²) in [6.45, 7) is 3.49. The van der Waals surface area contributed by atoms with Gasteiger partial charge in [-0.05, 0) is 25.5 Å². The summed E-state index contributed by atoms with van der Waals surface area (Å²) in [5.74, 6) is 0.560. The van der Waals surface area contributed by atoms with Crippen molar-refractivity contribution in [1.29, 1.82) is 0 Å². The number of nitrogens with zero attached hydrogens (tertiary/aromatic N) is 1. The molecule has 1 heterocycles. The quantitative estimate of drug-likeness (QED) is 0.658. The van der Waals surface area contributed by atoms with Crippen LogP contribution in [-0.4, -0.2) is 34.7 Å². The molecule has 0 aliphatic carbocycles. The van der Waals surface area contributed by atoms with Gasteiger partial charge in [-0.15, -0.1) is 0 Å². The van der Waals surface area contributed by atoms with Gasteiger partial charge in [0.05, 0.1) is 5.56 Å². The number of urea groups is 1. The van der Waals surface area contributed by atoms with E-state index in [4.69, 9.17) is 0 Å². The Bertz CT molecular complexity index is 617. The second-order valence-corrected chi connectivity index (χ2v) is 6.87. The number of carbonyl (C=O) groups is 2. The molecule has 4 nitrogen and oxygen atoms in total. The fourth-order valence-electron chi connectivity index (χ4n) is 2.20. The van der Waals surface area contributed by atoms with E-state index in [-0.39, 0.29) is 12.5 Å². The van der Waals surface area contributed by atoms with Crippen LogP contribution in [0.1, 0.15) is 25.0 Å². The minimum atomic E-state index is -4.35. The number of benzene rings is 1. The van der Waals surface area contributed by atoms with Gasteiger partial charge in [0.15, 0.2) is 0 Å². The van der Waals surface area contributed by atoms with Gasteiger partial charge in [-0.2, -0.15) is 24.9 Å². The molecule has 1 aliphatic rings. The molecule has 0 bridgehead atoms. The third kappa shape index (κ3) is 4.19. The first-order valence-electron chi connectivity index (χ1n) is 6.99. The van der Waals surface area contributed by atoms with Crippen molar-refractivity contribution in [2.45, 2.75) is 31.3 Å². The van der Waals surface area contributed by atoms with E-state index < -0.39 is 23.3 Å². The van der Waals surface area contributed by atoms with Gasteiger partial charge in [0.2, 0.25) is 0 Å². The van der Waals surface area contributed by atoms with Gasteiger partial charge >= 0.3 is 12.2 Å². The summed E-state index contributed by atoms with van der Waals surface area (Å²) in [5.41, 5.74) is -1.02. The van der Waals surface area contributed by atoms with Crippen molar-refractivity contribution in [3.05, 3.63) is 35.4 Å². The number of carbonyl (C=O) groups excluding carboxylic acids is 2. The molecule has 0 spiro atoms. The molecule has 8 heteroatoms. The first-order valence-corrected chi connectivity index (χ1v) is 8.15. The van der Waals surface area contributed by atoms with Gasteiger partial charge in [0.1, 0.15) is 5.54 Å². The lowest BCUT2D eigenvalue weighted by molar-refractivity contribution is -0.137. The summed E-state index contributed by atoms with van der Waals surface area (Å²) in [6, 6.07) is 4.71.